The molecule has 1 aliphatic rings. The summed E-state index contributed by atoms with van der Waals surface area (Å²) >= 11 is 0. The first-order chi connectivity index (χ1) is 13.5. The lowest BCUT2D eigenvalue weighted by atomic mass is 10.0. The van der Waals surface area contributed by atoms with Crippen molar-refractivity contribution >= 4 is 5.91 Å². The number of amides is 1. The minimum Gasteiger partial charge on any atom is -0.379 e. The normalized spacial score (nSPS) is 16.1. The van der Waals surface area contributed by atoms with E-state index in [0.717, 1.165) is 32.7 Å². The van der Waals surface area contributed by atoms with Gasteiger partial charge in [-0.2, -0.15) is 9.78 Å². The first-order valence-corrected chi connectivity index (χ1v) is 9.80. The highest BCUT2D eigenvalue weighted by atomic mass is 16.5. The number of para-hydroxylation sites is 1. The highest BCUT2D eigenvalue weighted by Gasteiger charge is 2.23. The van der Waals surface area contributed by atoms with Crippen LogP contribution in [0, 0.1) is 5.92 Å². The van der Waals surface area contributed by atoms with Crippen molar-refractivity contribution in [1.29, 1.82) is 0 Å². The standard InChI is InChI=1S/C21H28N4O3/c1-16(2)14-18(24-10-12-28-13-11-24)15-22-21(27)19-8-9-20(26)25(23-19)17-6-4-3-5-7-17/h3-9,16,18H,10-15H2,1-2H3,(H,22,27). The van der Waals surface area contributed by atoms with Gasteiger partial charge in [-0.05, 0) is 30.5 Å². The summed E-state index contributed by atoms with van der Waals surface area (Å²) in [5.74, 6) is 0.259. The summed E-state index contributed by atoms with van der Waals surface area (Å²) in [5, 5.41) is 7.25. The topological polar surface area (TPSA) is 76.5 Å². The summed E-state index contributed by atoms with van der Waals surface area (Å²) in [4.78, 5) is 27.2. The molecule has 1 aliphatic heterocycles. The van der Waals surface area contributed by atoms with Crippen molar-refractivity contribution in [1.82, 2.24) is 20.0 Å². The number of hydrogen-bond donors (Lipinski definition) is 1. The number of morpholine rings is 1. The third-order valence-electron chi connectivity index (χ3n) is 4.84. The Bertz CT molecular complexity index is 829. The van der Waals surface area contributed by atoms with Crippen LogP contribution >= 0.6 is 0 Å². The van der Waals surface area contributed by atoms with E-state index in [1.54, 1.807) is 12.1 Å². The van der Waals surface area contributed by atoms with Crippen molar-refractivity contribution in [2.45, 2.75) is 26.3 Å². The number of nitrogens with zero attached hydrogens (tertiary/aromatic N) is 3. The third-order valence-corrected chi connectivity index (χ3v) is 4.84. The maximum atomic E-state index is 12.7. The molecule has 150 valence electrons. The van der Waals surface area contributed by atoms with E-state index in [4.69, 9.17) is 4.74 Å². The predicted molar refractivity (Wildman–Crippen MR) is 108 cm³/mol. The molecule has 1 fully saturated rings. The molecule has 3 rings (SSSR count). The zero-order chi connectivity index (χ0) is 19.9. The highest BCUT2D eigenvalue weighted by molar-refractivity contribution is 5.92. The van der Waals surface area contributed by atoms with Crippen LogP contribution in [0.3, 0.4) is 0 Å². The molecule has 0 saturated carbocycles. The molecule has 1 N–H and O–H groups in total. The van der Waals surface area contributed by atoms with E-state index in [9.17, 15) is 9.59 Å². The summed E-state index contributed by atoms with van der Waals surface area (Å²) in [6.45, 7) is 8.13. The van der Waals surface area contributed by atoms with E-state index in [1.165, 1.54) is 16.8 Å². The number of ether oxygens (including phenoxy) is 1. The summed E-state index contributed by atoms with van der Waals surface area (Å²) in [7, 11) is 0. The predicted octanol–water partition coefficient (Wildman–Crippen LogP) is 1.71. The molecule has 1 aromatic heterocycles. The average molecular weight is 384 g/mol. The maximum absolute atomic E-state index is 12.7. The van der Waals surface area contributed by atoms with E-state index < -0.39 is 0 Å². The van der Waals surface area contributed by atoms with Crippen molar-refractivity contribution in [3.8, 4) is 5.69 Å². The minimum atomic E-state index is -0.272. The minimum absolute atomic E-state index is 0.230. The second-order valence-electron chi connectivity index (χ2n) is 7.45. The van der Waals surface area contributed by atoms with Crippen LogP contribution in [0.25, 0.3) is 5.69 Å². The monoisotopic (exact) mass is 384 g/mol. The average Bonchev–Trinajstić information content (AvgIpc) is 2.72. The smallest absolute Gasteiger partial charge is 0.271 e. The zero-order valence-electron chi connectivity index (χ0n) is 16.5. The van der Waals surface area contributed by atoms with E-state index in [1.807, 2.05) is 18.2 Å². The molecule has 0 spiro atoms. The van der Waals surface area contributed by atoms with Gasteiger partial charge in [0.05, 0.1) is 18.9 Å². The number of carbonyl (C=O) groups excluding carboxylic acids is 1. The highest BCUT2D eigenvalue weighted by Crippen LogP contribution is 2.13. The third kappa shape index (κ3) is 5.27. The van der Waals surface area contributed by atoms with Gasteiger partial charge < -0.3 is 10.1 Å². The van der Waals surface area contributed by atoms with Gasteiger partial charge in [0.1, 0.15) is 5.69 Å². The number of benzene rings is 1. The van der Waals surface area contributed by atoms with E-state index in [-0.39, 0.29) is 23.2 Å². The van der Waals surface area contributed by atoms with Gasteiger partial charge in [-0.15, -0.1) is 0 Å². The lowest BCUT2D eigenvalue weighted by Crippen LogP contribution is -2.49. The number of hydrogen-bond acceptors (Lipinski definition) is 5. The Balaban J connectivity index is 1.70. The summed E-state index contributed by atoms with van der Waals surface area (Å²) in [5.41, 5.74) is 0.593. The molecule has 7 nitrogen and oxygen atoms in total. The number of aromatic nitrogens is 2. The number of rotatable bonds is 7. The van der Waals surface area contributed by atoms with Crippen LogP contribution in [0.5, 0.6) is 0 Å². The van der Waals surface area contributed by atoms with E-state index >= 15 is 0 Å². The first kappa shape index (κ1) is 20.2. The fourth-order valence-electron chi connectivity index (χ4n) is 3.44. The van der Waals surface area contributed by atoms with Crippen LogP contribution in [-0.2, 0) is 4.74 Å². The van der Waals surface area contributed by atoms with Crippen molar-refractivity contribution in [3.63, 3.8) is 0 Å². The molecular formula is C21H28N4O3. The molecule has 7 heteroatoms. The van der Waals surface area contributed by atoms with E-state index in [0.29, 0.717) is 18.2 Å². The SMILES string of the molecule is CC(C)CC(CNC(=O)c1ccc(=O)n(-c2ccccc2)n1)N1CCOCC1. The number of carbonyl (C=O) groups is 1. The fourth-order valence-corrected chi connectivity index (χ4v) is 3.44. The molecule has 0 bridgehead atoms. The number of nitrogens with one attached hydrogen (secondary N) is 1. The van der Waals surface area contributed by atoms with Gasteiger partial charge in [-0.3, -0.25) is 14.5 Å². The largest absolute Gasteiger partial charge is 0.379 e. The molecule has 1 unspecified atom stereocenters. The van der Waals surface area contributed by atoms with Crippen LogP contribution in [0.2, 0.25) is 0 Å². The second-order valence-corrected chi connectivity index (χ2v) is 7.45. The van der Waals surface area contributed by atoms with E-state index in [2.05, 4.69) is 29.2 Å². The van der Waals surface area contributed by atoms with Crippen LogP contribution in [0.4, 0.5) is 0 Å². The molecule has 28 heavy (non-hydrogen) atoms. The van der Waals surface area contributed by atoms with Gasteiger partial charge >= 0.3 is 0 Å². The van der Waals surface area contributed by atoms with Crippen LogP contribution in [0.1, 0.15) is 30.8 Å². The zero-order valence-corrected chi connectivity index (χ0v) is 16.5. The first-order valence-electron chi connectivity index (χ1n) is 9.80. The Kier molecular flexibility index (Phi) is 6.95. The van der Waals surface area contributed by atoms with Gasteiger partial charge in [0, 0.05) is 31.7 Å². The summed E-state index contributed by atoms with van der Waals surface area (Å²) < 4.78 is 6.70. The molecule has 2 heterocycles. The van der Waals surface area contributed by atoms with Crippen molar-refractivity contribution < 1.29 is 9.53 Å². The Morgan fingerprint density at radius 3 is 2.54 bits per heavy atom. The lowest BCUT2D eigenvalue weighted by molar-refractivity contribution is 0.0124. The van der Waals surface area contributed by atoms with Crippen molar-refractivity contribution in [2.24, 2.45) is 5.92 Å². The second kappa shape index (κ2) is 9.61. The molecule has 1 aromatic carbocycles. The molecule has 0 aliphatic carbocycles. The fraction of sp³-hybridized carbons (Fsp3) is 0.476. The van der Waals surface area contributed by atoms with Gasteiger partial charge in [-0.1, -0.05) is 32.0 Å². The van der Waals surface area contributed by atoms with Crippen molar-refractivity contribution in [3.05, 3.63) is 58.5 Å². The Hall–Kier alpha value is -2.51. The molecule has 0 radical (unpaired) electrons. The van der Waals surface area contributed by atoms with Gasteiger partial charge in [0.25, 0.3) is 11.5 Å². The Labute approximate surface area is 165 Å². The van der Waals surface area contributed by atoms with Crippen LogP contribution in [0.15, 0.2) is 47.3 Å². The van der Waals surface area contributed by atoms with Crippen molar-refractivity contribution in [2.75, 3.05) is 32.8 Å². The maximum Gasteiger partial charge on any atom is 0.271 e. The Morgan fingerprint density at radius 2 is 1.86 bits per heavy atom. The molecule has 1 amide bonds. The summed E-state index contributed by atoms with van der Waals surface area (Å²) in [6.07, 6.45) is 0.997. The molecule has 1 atom stereocenters. The van der Waals surface area contributed by atoms with Gasteiger partial charge in [-0.25, -0.2) is 0 Å². The molecule has 1 saturated heterocycles. The van der Waals surface area contributed by atoms with Gasteiger partial charge in [0.2, 0.25) is 0 Å². The van der Waals surface area contributed by atoms with Gasteiger partial charge in [0.15, 0.2) is 0 Å². The molecule has 2 aromatic rings. The van der Waals surface area contributed by atoms with Crippen LogP contribution < -0.4 is 10.9 Å². The lowest BCUT2D eigenvalue weighted by Gasteiger charge is -2.35. The Morgan fingerprint density at radius 1 is 1.14 bits per heavy atom. The van der Waals surface area contributed by atoms with Crippen LogP contribution in [-0.4, -0.2) is 59.5 Å². The summed E-state index contributed by atoms with van der Waals surface area (Å²) in [6, 6.07) is 12.2. The quantitative estimate of drug-likeness (QED) is 0.786. The molecular weight excluding hydrogens is 356 g/mol.